The minimum absolute atomic E-state index is 0.0786. The smallest absolute Gasteiger partial charge is 0.244 e. The summed E-state index contributed by atoms with van der Waals surface area (Å²) in [6.07, 6.45) is 1.57. The lowest BCUT2D eigenvalue weighted by molar-refractivity contribution is -0.118. The average molecular weight is 219 g/mol. The van der Waals surface area contributed by atoms with Crippen molar-refractivity contribution in [1.82, 2.24) is 0 Å². The molecule has 1 saturated carbocycles. The first-order chi connectivity index (χ1) is 7.51. The standard InChI is InChI=1S/C12H17N3O/c1-15(2)10-5-3-9(4-6-10)14-11(16)12(13)7-8-12/h3-6H,7-8,13H2,1-2H3,(H,14,16). The molecule has 0 spiro atoms. The molecular formula is C12H17N3O. The molecule has 1 aliphatic rings. The normalized spacial score (nSPS) is 16.7. The zero-order valence-electron chi connectivity index (χ0n) is 9.66. The van der Waals surface area contributed by atoms with Crippen molar-refractivity contribution in [1.29, 1.82) is 0 Å². The summed E-state index contributed by atoms with van der Waals surface area (Å²) >= 11 is 0. The van der Waals surface area contributed by atoms with Crippen molar-refractivity contribution in [3.63, 3.8) is 0 Å². The molecule has 4 nitrogen and oxygen atoms in total. The zero-order valence-corrected chi connectivity index (χ0v) is 9.66. The molecule has 86 valence electrons. The van der Waals surface area contributed by atoms with E-state index in [0.717, 1.165) is 24.2 Å². The predicted octanol–water partition coefficient (Wildman–Crippen LogP) is 1.18. The summed E-state index contributed by atoms with van der Waals surface area (Å²) in [5, 5.41) is 2.83. The van der Waals surface area contributed by atoms with E-state index in [9.17, 15) is 4.79 Å². The van der Waals surface area contributed by atoms with E-state index >= 15 is 0 Å². The van der Waals surface area contributed by atoms with Crippen LogP contribution in [0, 0.1) is 0 Å². The van der Waals surface area contributed by atoms with Gasteiger partial charge in [-0.3, -0.25) is 4.79 Å². The highest BCUT2D eigenvalue weighted by Gasteiger charge is 2.45. The van der Waals surface area contributed by atoms with Crippen molar-refractivity contribution in [2.24, 2.45) is 5.73 Å². The zero-order chi connectivity index (χ0) is 11.8. The minimum Gasteiger partial charge on any atom is -0.378 e. The third-order valence-electron chi connectivity index (χ3n) is 2.88. The van der Waals surface area contributed by atoms with Crippen molar-refractivity contribution in [2.45, 2.75) is 18.4 Å². The molecule has 1 aromatic carbocycles. The van der Waals surface area contributed by atoms with E-state index in [1.54, 1.807) is 0 Å². The van der Waals surface area contributed by atoms with Gasteiger partial charge in [-0.25, -0.2) is 0 Å². The second kappa shape index (κ2) is 3.79. The van der Waals surface area contributed by atoms with Gasteiger partial charge >= 0.3 is 0 Å². The molecule has 1 aliphatic carbocycles. The van der Waals surface area contributed by atoms with Gasteiger partial charge in [0.1, 0.15) is 0 Å². The Morgan fingerprint density at radius 2 is 1.88 bits per heavy atom. The van der Waals surface area contributed by atoms with Crippen molar-refractivity contribution in [3.8, 4) is 0 Å². The van der Waals surface area contributed by atoms with Gasteiger partial charge in [-0.15, -0.1) is 0 Å². The fourth-order valence-electron chi connectivity index (χ4n) is 1.46. The fourth-order valence-corrected chi connectivity index (χ4v) is 1.46. The summed E-state index contributed by atoms with van der Waals surface area (Å²) in [7, 11) is 3.96. The van der Waals surface area contributed by atoms with Crippen LogP contribution in [0.15, 0.2) is 24.3 Å². The van der Waals surface area contributed by atoms with E-state index in [-0.39, 0.29) is 5.91 Å². The van der Waals surface area contributed by atoms with Gasteiger partial charge in [0.05, 0.1) is 5.54 Å². The van der Waals surface area contributed by atoms with Crippen LogP contribution in [-0.2, 0) is 4.79 Å². The molecule has 0 aliphatic heterocycles. The van der Waals surface area contributed by atoms with E-state index in [0.29, 0.717) is 0 Å². The molecule has 3 N–H and O–H groups in total. The van der Waals surface area contributed by atoms with E-state index < -0.39 is 5.54 Å². The number of carbonyl (C=O) groups is 1. The largest absolute Gasteiger partial charge is 0.378 e. The van der Waals surface area contributed by atoms with Gasteiger partial charge in [0.2, 0.25) is 5.91 Å². The highest BCUT2D eigenvalue weighted by molar-refractivity contribution is 6.00. The molecule has 0 saturated heterocycles. The maximum atomic E-state index is 11.7. The maximum Gasteiger partial charge on any atom is 0.244 e. The van der Waals surface area contributed by atoms with Crippen LogP contribution in [0.2, 0.25) is 0 Å². The molecule has 0 heterocycles. The monoisotopic (exact) mass is 219 g/mol. The van der Waals surface area contributed by atoms with Crippen molar-refractivity contribution in [3.05, 3.63) is 24.3 Å². The molecular weight excluding hydrogens is 202 g/mol. The van der Waals surface area contributed by atoms with E-state index in [1.165, 1.54) is 0 Å². The first-order valence-corrected chi connectivity index (χ1v) is 5.39. The van der Waals surface area contributed by atoms with Gasteiger partial charge < -0.3 is 16.0 Å². The quantitative estimate of drug-likeness (QED) is 0.802. The number of rotatable bonds is 3. The Kier molecular flexibility index (Phi) is 2.59. The van der Waals surface area contributed by atoms with Crippen LogP contribution >= 0.6 is 0 Å². The van der Waals surface area contributed by atoms with Crippen LogP contribution in [0.3, 0.4) is 0 Å². The van der Waals surface area contributed by atoms with Crippen molar-refractivity contribution >= 4 is 17.3 Å². The Morgan fingerprint density at radius 1 is 1.31 bits per heavy atom. The third kappa shape index (κ3) is 2.17. The maximum absolute atomic E-state index is 11.7. The van der Waals surface area contributed by atoms with Crippen LogP contribution in [0.5, 0.6) is 0 Å². The molecule has 0 atom stereocenters. The molecule has 1 aromatic rings. The Labute approximate surface area is 95.4 Å². The Morgan fingerprint density at radius 3 is 2.31 bits per heavy atom. The highest BCUT2D eigenvalue weighted by atomic mass is 16.2. The molecule has 0 radical (unpaired) electrons. The summed E-state index contributed by atoms with van der Waals surface area (Å²) < 4.78 is 0. The number of hydrogen-bond acceptors (Lipinski definition) is 3. The topological polar surface area (TPSA) is 58.4 Å². The van der Waals surface area contributed by atoms with Gasteiger partial charge in [0.15, 0.2) is 0 Å². The van der Waals surface area contributed by atoms with Gasteiger partial charge in [-0.05, 0) is 37.1 Å². The number of nitrogens with zero attached hydrogens (tertiary/aromatic N) is 1. The third-order valence-corrected chi connectivity index (χ3v) is 2.88. The Balaban J connectivity index is 2.02. The molecule has 1 amide bonds. The van der Waals surface area contributed by atoms with E-state index in [4.69, 9.17) is 5.73 Å². The van der Waals surface area contributed by atoms with Crippen LogP contribution in [0.4, 0.5) is 11.4 Å². The predicted molar refractivity (Wildman–Crippen MR) is 65.6 cm³/mol. The number of nitrogens with two attached hydrogens (primary N) is 1. The first-order valence-electron chi connectivity index (χ1n) is 5.39. The summed E-state index contributed by atoms with van der Waals surface area (Å²) in [5.74, 6) is -0.0786. The molecule has 0 bridgehead atoms. The lowest BCUT2D eigenvalue weighted by atomic mass is 10.2. The summed E-state index contributed by atoms with van der Waals surface area (Å²) in [6, 6.07) is 7.70. The molecule has 2 rings (SSSR count). The Bertz CT molecular complexity index is 393. The number of nitrogens with one attached hydrogen (secondary N) is 1. The highest BCUT2D eigenvalue weighted by Crippen LogP contribution is 2.33. The van der Waals surface area contributed by atoms with Gasteiger partial charge in [-0.1, -0.05) is 0 Å². The van der Waals surface area contributed by atoms with E-state index in [1.807, 2.05) is 43.3 Å². The van der Waals surface area contributed by atoms with Crippen LogP contribution < -0.4 is 16.0 Å². The van der Waals surface area contributed by atoms with Crippen LogP contribution in [0.1, 0.15) is 12.8 Å². The first kappa shape index (κ1) is 11.0. The molecule has 4 heteroatoms. The lowest BCUT2D eigenvalue weighted by Gasteiger charge is -2.14. The Hall–Kier alpha value is -1.55. The minimum atomic E-state index is -0.611. The molecule has 1 fully saturated rings. The van der Waals surface area contributed by atoms with Crippen LogP contribution in [0.25, 0.3) is 0 Å². The van der Waals surface area contributed by atoms with Gasteiger partial charge in [0.25, 0.3) is 0 Å². The second-order valence-electron chi connectivity index (χ2n) is 4.55. The number of amides is 1. The number of benzene rings is 1. The van der Waals surface area contributed by atoms with Crippen molar-refractivity contribution in [2.75, 3.05) is 24.3 Å². The number of hydrogen-bond donors (Lipinski definition) is 2. The lowest BCUT2D eigenvalue weighted by Crippen LogP contribution is -2.37. The summed E-state index contributed by atoms with van der Waals surface area (Å²) in [5.41, 5.74) is 7.09. The molecule has 16 heavy (non-hydrogen) atoms. The number of anilines is 2. The molecule has 0 aromatic heterocycles. The summed E-state index contributed by atoms with van der Waals surface area (Å²) in [4.78, 5) is 13.7. The summed E-state index contributed by atoms with van der Waals surface area (Å²) in [6.45, 7) is 0. The molecule has 0 unspecified atom stereocenters. The average Bonchev–Trinajstić information content (AvgIpc) is 2.99. The van der Waals surface area contributed by atoms with Gasteiger partial charge in [-0.2, -0.15) is 0 Å². The van der Waals surface area contributed by atoms with Crippen LogP contribution in [-0.4, -0.2) is 25.5 Å². The van der Waals surface area contributed by atoms with Gasteiger partial charge in [0, 0.05) is 25.5 Å². The SMILES string of the molecule is CN(C)c1ccc(NC(=O)C2(N)CC2)cc1. The van der Waals surface area contributed by atoms with Crippen molar-refractivity contribution < 1.29 is 4.79 Å². The fraction of sp³-hybridized carbons (Fsp3) is 0.417. The second-order valence-corrected chi connectivity index (χ2v) is 4.55. The van der Waals surface area contributed by atoms with E-state index in [2.05, 4.69) is 5.32 Å². The number of carbonyl (C=O) groups excluding carboxylic acids is 1.